The van der Waals surface area contributed by atoms with Crippen molar-refractivity contribution >= 4 is 47.8 Å². The van der Waals surface area contributed by atoms with E-state index >= 15 is 0 Å². The van der Waals surface area contributed by atoms with Crippen molar-refractivity contribution in [2.45, 2.75) is 333 Å². The molecule has 8 fully saturated rings. The normalized spacial score (nSPS) is 27.2. The van der Waals surface area contributed by atoms with Crippen LogP contribution in [0, 0.1) is 103 Å². The van der Waals surface area contributed by atoms with Gasteiger partial charge in [-0.1, -0.05) is 239 Å². The molecule has 0 aliphatic heterocycles. The maximum atomic E-state index is 11.6. The molecular weight excluding hydrogens is 1830 g/mol. The second kappa shape index (κ2) is 58.5. The molecule has 24 heteroatoms. The van der Waals surface area contributed by atoms with E-state index in [0.29, 0.717) is 77.8 Å². The van der Waals surface area contributed by atoms with Crippen molar-refractivity contribution in [3.05, 3.63) is 283 Å². The van der Waals surface area contributed by atoms with Crippen molar-refractivity contribution in [2.75, 3.05) is 26.4 Å². The Bertz CT molecular complexity index is 4590. The second-order valence-corrected chi connectivity index (χ2v) is 41.2. The quantitative estimate of drug-likeness (QED) is 0.0160. The van der Waals surface area contributed by atoms with Crippen molar-refractivity contribution in [2.24, 2.45) is 47.3 Å². The molecule has 784 valence electrons. The van der Waals surface area contributed by atoms with E-state index < -0.39 is 48.3 Å². The van der Waals surface area contributed by atoms with Crippen molar-refractivity contribution < 1.29 is 119 Å². The van der Waals surface area contributed by atoms with Crippen LogP contribution in [0.1, 0.15) is 318 Å². The molecular formula is C120H160O24. The first-order chi connectivity index (χ1) is 68.8. The van der Waals surface area contributed by atoms with E-state index in [4.69, 9.17) is 39.4 Å². The minimum Gasteiger partial charge on any atom is -0.481 e. The number of carbonyl (C=O) groups is 8. The summed E-state index contributed by atoms with van der Waals surface area (Å²) < 4.78 is 20.1. The lowest BCUT2D eigenvalue weighted by Crippen LogP contribution is -2.20. The number of carboxylic acid groups (broad SMARTS) is 4. The largest absolute Gasteiger partial charge is 0.481 e. The lowest BCUT2D eigenvalue weighted by molar-refractivity contribution is -0.145. The number of aliphatic hydroxyl groups excluding tert-OH is 8. The molecule has 0 heterocycles. The maximum Gasteiger partial charge on any atom is 0.306 e. The van der Waals surface area contributed by atoms with Crippen LogP contribution in [0.4, 0.5) is 0 Å². The molecule has 0 spiro atoms. The third-order valence-electron chi connectivity index (χ3n) is 30.4. The molecule has 0 saturated heterocycles. The van der Waals surface area contributed by atoms with Crippen molar-refractivity contribution in [3.8, 4) is 0 Å². The molecule has 24 unspecified atom stereocenters. The fourth-order valence-corrected chi connectivity index (χ4v) is 23.2. The Morgan fingerprint density at radius 2 is 0.292 bits per heavy atom. The second-order valence-electron chi connectivity index (χ2n) is 41.2. The SMILES string of the molecule is CCOC(=O)CC1CCC(O)C1c1ccc(C)cc1.CCOC(=O)CC1CCC(O)C1c1ccc(C)cc1.CCOC(=O)CC1CCC(O)C1c1ccc(C)cc1.CCOC(=O)CC1CCC(O)C1c1ccc(C)cc1.Cc1ccc(C2C(O)CCC2CC(=O)O)cc1.Cc1ccc(C2C(O)CCC2CC(=O)O)cc1.Cc1ccc(C2C(O)CCC2CC(=O)O)cc1.Cc1ccc(C2C(O)CCC2CC(=O)O)cc1. The Morgan fingerprint density at radius 3 is 0.389 bits per heavy atom. The minimum atomic E-state index is -0.777. The summed E-state index contributed by atoms with van der Waals surface area (Å²) in [6, 6.07) is 65.1. The van der Waals surface area contributed by atoms with Gasteiger partial charge in [0, 0.05) is 98.7 Å². The molecule has 0 radical (unpaired) electrons. The van der Waals surface area contributed by atoms with Gasteiger partial charge in [0.05, 0.1) is 75.3 Å². The lowest BCUT2D eigenvalue weighted by atomic mass is 9.85. The van der Waals surface area contributed by atoms with Gasteiger partial charge in [-0.25, -0.2) is 0 Å². The highest BCUT2D eigenvalue weighted by atomic mass is 16.5. The van der Waals surface area contributed by atoms with Crippen LogP contribution in [0.5, 0.6) is 0 Å². The van der Waals surface area contributed by atoms with E-state index in [2.05, 4.69) is 97.1 Å². The number of aliphatic hydroxyl groups is 8. The van der Waals surface area contributed by atoms with E-state index in [1.807, 2.05) is 180 Å². The topological polar surface area (TPSA) is 416 Å². The van der Waals surface area contributed by atoms with Gasteiger partial charge in [0.15, 0.2) is 0 Å². The lowest BCUT2D eigenvalue weighted by Gasteiger charge is -2.22. The Morgan fingerprint density at radius 1 is 0.188 bits per heavy atom. The summed E-state index contributed by atoms with van der Waals surface area (Å²) >= 11 is 0. The van der Waals surface area contributed by atoms with E-state index in [1.54, 1.807) is 0 Å². The average molecular weight is 1990 g/mol. The number of carboxylic acids is 4. The first kappa shape index (κ1) is 117. The number of carbonyl (C=O) groups excluding carboxylic acids is 4. The average Bonchev–Trinajstić information content (AvgIpc) is 1.64. The highest BCUT2D eigenvalue weighted by Crippen LogP contribution is 2.50. The van der Waals surface area contributed by atoms with Crippen molar-refractivity contribution in [1.29, 1.82) is 0 Å². The molecule has 8 aromatic rings. The fraction of sp³-hybridized carbons (Fsp3) is 0.533. The Hall–Kier alpha value is -10.8. The van der Waals surface area contributed by atoms with Gasteiger partial charge in [-0.15, -0.1) is 0 Å². The van der Waals surface area contributed by atoms with Crippen LogP contribution in [0.3, 0.4) is 0 Å². The van der Waals surface area contributed by atoms with E-state index in [1.165, 1.54) is 44.5 Å². The van der Waals surface area contributed by atoms with Gasteiger partial charge in [-0.2, -0.15) is 0 Å². The first-order valence-corrected chi connectivity index (χ1v) is 52.2. The van der Waals surface area contributed by atoms with Gasteiger partial charge in [0.25, 0.3) is 0 Å². The van der Waals surface area contributed by atoms with Gasteiger partial charge in [0.1, 0.15) is 0 Å². The van der Waals surface area contributed by atoms with Gasteiger partial charge < -0.3 is 80.2 Å². The van der Waals surface area contributed by atoms with Gasteiger partial charge in [-0.05, 0) is 278 Å². The molecule has 0 amide bonds. The van der Waals surface area contributed by atoms with Crippen molar-refractivity contribution in [3.63, 3.8) is 0 Å². The molecule has 144 heavy (non-hydrogen) atoms. The molecule has 24 nitrogen and oxygen atoms in total. The van der Waals surface area contributed by atoms with Crippen LogP contribution in [-0.4, -0.2) is 184 Å². The van der Waals surface area contributed by atoms with Crippen LogP contribution in [0.25, 0.3) is 0 Å². The highest BCUT2D eigenvalue weighted by molar-refractivity contribution is 5.72. The monoisotopic (exact) mass is 1990 g/mol. The number of ether oxygens (including phenoxy) is 4. The standard InChI is InChI=1S/4C16H22O3.4C14H18O3/c4*1-3-19-15(18)10-13-8-9-14(17)16(13)12-6-4-11(2)5-7-12;4*1-9-2-4-10(5-3-9)14-11(8-13(16)17)6-7-12(14)15/h4*4-7,13-14,16-17H,3,8-10H2,1-2H3;4*2-5,11-12,14-15H,6-8H2,1H3,(H,16,17). The van der Waals surface area contributed by atoms with Gasteiger partial charge in [0.2, 0.25) is 0 Å². The van der Waals surface area contributed by atoms with Crippen LogP contribution in [0.15, 0.2) is 194 Å². The molecule has 24 atom stereocenters. The summed E-state index contributed by atoms with van der Waals surface area (Å²) in [6.45, 7) is 25.2. The number of rotatable bonds is 28. The number of hydrogen-bond donors (Lipinski definition) is 12. The van der Waals surface area contributed by atoms with E-state index in [9.17, 15) is 79.2 Å². The number of hydrogen-bond acceptors (Lipinski definition) is 20. The Labute approximate surface area is 851 Å². The van der Waals surface area contributed by atoms with Crippen LogP contribution in [0.2, 0.25) is 0 Å². The maximum absolute atomic E-state index is 11.6. The van der Waals surface area contributed by atoms with E-state index in [0.717, 1.165) is 122 Å². The first-order valence-electron chi connectivity index (χ1n) is 52.2. The van der Waals surface area contributed by atoms with Gasteiger partial charge >= 0.3 is 47.8 Å². The molecule has 8 aliphatic rings. The molecule has 0 bridgehead atoms. The summed E-state index contributed by atoms with van der Waals surface area (Å²) in [6.07, 6.45) is 11.9. The molecule has 8 aromatic carbocycles. The summed E-state index contributed by atoms with van der Waals surface area (Å²) in [5, 5.41) is 116. The third-order valence-corrected chi connectivity index (χ3v) is 30.4. The molecule has 16 rings (SSSR count). The predicted molar refractivity (Wildman–Crippen MR) is 555 cm³/mol. The zero-order chi connectivity index (χ0) is 105. The molecule has 12 N–H and O–H groups in total. The van der Waals surface area contributed by atoms with Crippen molar-refractivity contribution in [1.82, 2.24) is 0 Å². The molecule has 8 aliphatic carbocycles. The van der Waals surface area contributed by atoms with Crippen LogP contribution >= 0.6 is 0 Å². The smallest absolute Gasteiger partial charge is 0.306 e. The zero-order valence-corrected chi connectivity index (χ0v) is 86.4. The van der Waals surface area contributed by atoms with Gasteiger partial charge in [-0.3, -0.25) is 38.4 Å². The fourth-order valence-electron chi connectivity index (χ4n) is 23.2. The Balaban J connectivity index is 0.000000183. The molecule has 0 aromatic heterocycles. The summed E-state index contributed by atoms with van der Waals surface area (Å²) in [5.41, 5.74) is 18.3. The summed E-state index contributed by atoms with van der Waals surface area (Å²) in [5.74, 6) is -2.56. The Kier molecular flexibility index (Phi) is 47.4. The molecule has 8 saturated carbocycles. The van der Waals surface area contributed by atoms with Crippen LogP contribution < -0.4 is 0 Å². The highest BCUT2D eigenvalue weighted by Gasteiger charge is 2.45. The summed E-state index contributed by atoms with van der Waals surface area (Å²) in [4.78, 5) is 89.8. The zero-order valence-electron chi connectivity index (χ0n) is 86.4. The predicted octanol–water partition coefficient (Wildman–Crippen LogP) is 20.5. The van der Waals surface area contributed by atoms with Crippen LogP contribution in [-0.2, 0) is 57.3 Å². The van der Waals surface area contributed by atoms with E-state index in [-0.39, 0.29) is 169 Å². The summed E-state index contributed by atoms with van der Waals surface area (Å²) in [7, 11) is 0. The number of aliphatic carboxylic acids is 4. The number of benzene rings is 8. The third kappa shape index (κ3) is 35.8. The number of esters is 4. The minimum absolute atomic E-state index is 0.0216. The number of aryl methyl sites for hydroxylation is 8.